The van der Waals surface area contributed by atoms with Gasteiger partial charge in [-0.25, -0.2) is 4.98 Å². The van der Waals surface area contributed by atoms with E-state index in [9.17, 15) is 4.79 Å². The van der Waals surface area contributed by atoms with E-state index in [1.807, 2.05) is 67.3 Å². The predicted molar refractivity (Wildman–Crippen MR) is 108 cm³/mol. The van der Waals surface area contributed by atoms with Crippen LogP contribution in [0, 0.1) is 6.92 Å². The van der Waals surface area contributed by atoms with Crippen LogP contribution in [0.5, 0.6) is 5.75 Å². The quantitative estimate of drug-likeness (QED) is 0.643. The van der Waals surface area contributed by atoms with Gasteiger partial charge < -0.3 is 14.1 Å². The molecule has 2 aromatic carbocycles. The third kappa shape index (κ3) is 3.93. The first kappa shape index (κ1) is 18.3. The Hall–Kier alpha value is -3.08. The molecular formula is C23H24N2O3. The molecule has 1 aliphatic rings. The molecule has 1 aromatic heterocycles. The zero-order valence-electron chi connectivity index (χ0n) is 16.2. The summed E-state index contributed by atoms with van der Waals surface area (Å²) < 4.78 is 11.7. The van der Waals surface area contributed by atoms with E-state index in [1.165, 1.54) is 0 Å². The second-order valence-electron chi connectivity index (χ2n) is 7.24. The first-order chi connectivity index (χ1) is 13.6. The fourth-order valence-electron chi connectivity index (χ4n) is 3.47. The average Bonchev–Trinajstić information content (AvgIpc) is 3.16. The zero-order chi connectivity index (χ0) is 19.5. The van der Waals surface area contributed by atoms with Crippen LogP contribution in [0.15, 0.2) is 59.1 Å². The molecule has 0 saturated carbocycles. The van der Waals surface area contributed by atoms with Gasteiger partial charge in [-0.1, -0.05) is 36.4 Å². The van der Waals surface area contributed by atoms with E-state index in [4.69, 9.17) is 9.15 Å². The number of carbonyl (C=O) groups is 1. The molecule has 5 nitrogen and oxygen atoms in total. The molecule has 0 bridgehead atoms. The third-order valence-corrected chi connectivity index (χ3v) is 4.87. The highest BCUT2D eigenvalue weighted by Crippen LogP contribution is 2.34. The van der Waals surface area contributed by atoms with Gasteiger partial charge in [0.25, 0.3) is 0 Å². The number of anilines is 1. The molecule has 1 amide bonds. The molecule has 3 aromatic rings. The molecule has 0 saturated heterocycles. The molecule has 0 fully saturated rings. The Morgan fingerprint density at radius 2 is 2.04 bits per heavy atom. The van der Waals surface area contributed by atoms with Crippen LogP contribution in [-0.4, -0.2) is 23.5 Å². The van der Waals surface area contributed by atoms with Gasteiger partial charge in [-0.2, -0.15) is 0 Å². The normalized spacial score (nSPS) is 15.8. The number of rotatable bonds is 5. The Bertz CT molecular complexity index is 965. The lowest BCUT2D eigenvalue weighted by Gasteiger charge is -2.33. The fraction of sp³-hybridized carbons (Fsp3) is 0.304. The monoisotopic (exact) mass is 376 g/mol. The standard InChI is InChI=1S/C23H24N2O3/c1-16-11-12-19-20(13-16)27-17(2)15-25(19)23(26)10-6-9-22-24-14-21(28-22)18-7-4-3-5-8-18/h3-5,7-8,11-14,17H,6,9-10,15H2,1-2H3/t17-/m0/s1. The summed E-state index contributed by atoms with van der Waals surface area (Å²) >= 11 is 0. The van der Waals surface area contributed by atoms with Crippen LogP contribution in [0.1, 0.15) is 31.2 Å². The van der Waals surface area contributed by atoms with Crippen LogP contribution in [0.2, 0.25) is 0 Å². The topological polar surface area (TPSA) is 55.6 Å². The average molecular weight is 376 g/mol. The fourth-order valence-corrected chi connectivity index (χ4v) is 3.47. The van der Waals surface area contributed by atoms with Gasteiger partial charge in [0, 0.05) is 18.4 Å². The molecule has 4 rings (SSSR count). The highest BCUT2D eigenvalue weighted by Gasteiger charge is 2.27. The predicted octanol–water partition coefficient (Wildman–Crippen LogP) is 4.79. The molecule has 28 heavy (non-hydrogen) atoms. The summed E-state index contributed by atoms with van der Waals surface area (Å²) in [6, 6.07) is 15.9. The van der Waals surface area contributed by atoms with Crippen LogP contribution in [-0.2, 0) is 11.2 Å². The Balaban J connectivity index is 1.37. The van der Waals surface area contributed by atoms with Gasteiger partial charge in [-0.05, 0) is 38.0 Å². The van der Waals surface area contributed by atoms with Crippen molar-refractivity contribution in [3.8, 4) is 17.1 Å². The molecule has 0 aliphatic carbocycles. The first-order valence-electron chi connectivity index (χ1n) is 9.68. The van der Waals surface area contributed by atoms with Crippen molar-refractivity contribution in [1.29, 1.82) is 0 Å². The summed E-state index contributed by atoms with van der Waals surface area (Å²) in [6.45, 7) is 4.59. The summed E-state index contributed by atoms with van der Waals surface area (Å²) in [4.78, 5) is 19.0. The van der Waals surface area contributed by atoms with Crippen LogP contribution in [0.25, 0.3) is 11.3 Å². The van der Waals surface area contributed by atoms with Crippen LogP contribution in [0.4, 0.5) is 5.69 Å². The van der Waals surface area contributed by atoms with E-state index in [0.29, 0.717) is 31.7 Å². The van der Waals surface area contributed by atoms with Crippen molar-refractivity contribution >= 4 is 11.6 Å². The van der Waals surface area contributed by atoms with E-state index in [2.05, 4.69) is 4.98 Å². The van der Waals surface area contributed by atoms with E-state index < -0.39 is 0 Å². The number of amides is 1. The van der Waals surface area contributed by atoms with Gasteiger partial charge in [-0.3, -0.25) is 4.79 Å². The highest BCUT2D eigenvalue weighted by molar-refractivity contribution is 5.95. The van der Waals surface area contributed by atoms with Crippen molar-refractivity contribution in [2.24, 2.45) is 0 Å². The van der Waals surface area contributed by atoms with Crippen molar-refractivity contribution < 1.29 is 13.9 Å². The van der Waals surface area contributed by atoms with Gasteiger partial charge in [0.15, 0.2) is 11.7 Å². The molecule has 144 valence electrons. The van der Waals surface area contributed by atoms with Gasteiger partial charge in [-0.15, -0.1) is 0 Å². The third-order valence-electron chi connectivity index (χ3n) is 4.87. The molecule has 0 radical (unpaired) electrons. The Labute approximate surface area is 165 Å². The van der Waals surface area contributed by atoms with Crippen molar-refractivity contribution in [2.75, 3.05) is 11.4 Å². The number of fused-ring (bicyclic) bond motifs is 1. The molecule has 2 heterocycles. The van der Waals surface area contributed by atoms with E-state index in [-0.39, 0.29) is 12.0 Å². The van der Waals surface area contributed by atoms with E-state index in [1.54, 1.807) is 6.20 Å². The zero-order valence-corrected chi connectivity index (χ0v) is 16.2. The number of hydrogen-bond acceptors (Lipinski definition) is 4. The second kappa shape index (κ2) is 7.89. The Morgan fingerprint density at radius 3 is 2.86 bits per heavy atom. The summed E-state index contributed by atoms with van der Waals surface area (Å²) in [5.74, 6) is 2.31. The number of aryl methyl sites for hydroxylation is 2. The largest absolute Gasteiger partial charge is 0.487 e. The van der Waals surface area contributed by atoms with Gasteiger partial charge in [0.05, 0.1) is 18.4 Å². The Morgan fingerprint density at radius 1 is 1.21 bits per heavy atom. The number of benzene rings is 2. The molecular weight excluding hydrogens is 352 g/mol. The Kier molecular flexibility index (Phi) is 5.15. The molecule has 1 atom stereocenters. The van der Waals surface area contributed by atoms with E-state index >= 15 is 0 Å². The molecule has 1 aliphatic heterocycles. The SMILES string of the molecule is Cc1ccc2c(c1)O[C@@H](C)CN2C(=O)CCCc1ncc(-c2ccccc2)o1. The molecule has 5 heteroatoms. The summed E-state index contributed by atoms with van der Waals surface area (Å²) in [5.41, 5.74) is 2.99. The number of oxazole rings is 1. The van der Waals surface area contributed by atoms with Crippen LogP contribution >= 0.6 is 0 Å². The second-order valence-corrected chi connectivity index (χ2v) is 7.24. The minimum atomic E-state index is -0.0154. The van der Waals surface area contributed by atoms with Crippen molar-refractivity contribution in [3.63, 3.8) is 0 Å². The lowest BCUT2D eigenvalue weighted by molar-refractivity contribution is -0.119. The summed E-state index contributed by atoms with van der Waals surface area (Å²) in [5, 5.41) is 0. The minimum absolute atomic E-state index is 0.0154. The maximum absolute atomic E-state index is 12.8. The maximum Gasteiger partial charge on any atom is 0.227 e. The highest BCUT2D eigenvalue weighted by atomic mass is 16.5. The summed E-state index contributed by atoms with van der Waals surface area (Å²) in [7, 11) is 0. The number of carbonyl (C=O) groups excluding carboxylic acids is 1. The lowest BCUT2D eigenvalue weighted by Crippen LogP contribution is -2.42. The van der Waals surface area contributed by atoms with Crippen LogP contribution in [0.3, 0.4) is 0 Å². The summed E-state index contributed by atoms with van der Waals surface area (Å²) in [6.07, 6.45) is 3.51. The number of ether oxygens (including phenoxy) is 1. The molecule has 0 N–H and O–H groups in total. The van der Waals surface area contributed by atoms with E-state index in [0.717, 1.165) is 28.3 Å². The minimum Gasteiger partial charge on any atom is -0.487 e. The number of hydrogen-bond donors (Lipinski definition) is 0. The van der Waals surface area contributed by atoms with Gasteiger partial charge in [0.2, 0.25) is 5.91 Å². The van der Waals surface area contributed by atoms with Gasteiger partial charge in [0.1, 0.15) is 11.9 Å². The van der Waals surface area contributed by atoms with Crippen molar-refractivity contribution in [2.45, 2.75) is 39.2 Å². The smallest absolute Gasteiger partial charge is 0.227 e. The molecule has 0 unspecified atom stereocenters. The first-order valence-corrected chi connectivity index (χ1v) is 9.68. The maximum atomic E-state index is 12.8. The van der Waals surface area contributed by atoms with Crippen LogP contribution < -0.4 is 9.64 Å². The molecule has 0 spiro atoms. The van der Waals surface area contributed by atoms with Gasteiger partial charge >= 0.3 is 0 Å². The van der Waals surface area contributed by atoms with Crippen molar-refractivity contribution in [1.82, 2.24) is 4.98 Å². The van der Waals surface area contributed by atoms with Crippen molar-refractivity contribution in [3.05, 3.63) is 66.2 Å². The lowest BCUT2D eigenvalue weighted by atomic mass is 10.1. The number of aromatic nitrogens is 1. The number of nitrogens with zero attached hydrogens (tertiary/aromatic N) is 2.